The second-order valence-electron chi connectivity index (χ2n) is 4.25. The normalized spacial score (nSPS) is 11.3. The molecule has 5 heteroatoms. The van der Waals surface area contributed by atoms with Crippen molar-refractivity contribution in [3.63, 3.8) is 0 Å². The third-order valence-electron chi connectivity index (χ3n) is 3.22. The molecule has 0 aromatic heterocycles. The van der Waals surface area contributed by atoms with Crippen LogP contribution in [0.5, 0.6) is 0 Å². The second-order valence-corrected chi connectivity index (χ2v) is 5.63. The molecule has 0 aliphatic carbocycles. The minimum absolute atomic E-state index is 0. The first kappa shape index (κ1) is 17.3. The van der Waals surface area contributed by atoms with Gasteiger partial charge in [0.05, 0.1) is 4.90 Å². The molecule has 19 heavy (non-hydrogen) atoms. The molecule has 0 unspecified atom stereocenters. The van der Waals surface area contributed by atoms with Crippen LogP contribution in [0.3, 0.4) is 0 Å². The van der Waals surface area contributed by atoms with Crippen LogP contribution in [0.2, 0.25) is 0 Å². The molecular weight excluding hydrogens is 287 g/mol. The van der Waals surface area contributed by atoms with Crippen LogP contribution in [0.25, 0.3) is 10.8 Å². The fourth-order valence-corrected chi connectivity index (χ4v) is 2.72. The van der Waals surface area contributed by atoms with Crippen LogP contribution in [0, 0.1) is 0 Å². The minimum atomic E-state index is -4.39. The Hall–Kier alpha value is 0.246. The largest absolute Gasteiger partial charge is 1.00 e. The summed E-state index contributed by atoms with van der Waals surface area (Å²) in [5.41, 5.74) is 2.23. The summed E-state index contributed by atoms with van der Waals surface area (Å²) in [4.78, 5) is -0.155. The first-order chi connectivity index (χ1) is 8.47. The van der Waals surface area contributed by atoms with E-state index in [4.69, 9.17) is 0 Å². The maximum Gasteiger partial charge on any atom is 1.00 e. The average molecular weight is 302 g/mol. The minimum Gasteiger partial charge on any atom is -0.744 e. The molecule has 0 saturated heterocycles. The summed E-state index contributed by atoms with van der Waals surface area (Å²) in [5, 5.41) is 1.90. The topological polar surface area (TPSA) is 57.2 Å². The summed E-state index contributed by atoms with van der Waals surface area (Å²) >= 11 is 0. The van der Waals surface area contributed by atoms with Gasteiger partial charge in [-0.3, -0.25) is 0 Å². The Bertz CT molecular complexity index is 693. The predicted molar refractivity (Wildman–Crippen MR) is 70.7 cm³/mol. The zero-order valence-electron chi connectivity index (χ0n) is 11.4. The summed E-state index contributed by atoms with van der Waals surface area (Å²) in [6.07, 6.45) is 1.69. The molecule has 2 aromatic carbocycles. The van der Waals surface area contributed by atoms with Crippen molar-refractivity contribution in [2.24, 2.45) is 0 Å². The maximum absolute atomic E-state index is 11.1. The number of hydrogen-bond donors (Lipinski definition) is 0. The van der Waals surface area contributed by atoms with Gasteiger partial charge in [-0.25, -0.2) is 8.42 Å². The van der Waals surface area contributed by atoms with Crippen LogP contribution in [0.4, 0.5) is 0 Å². The van der Waals surface area contributed by atoms with Crippen molar-refractivity contribution in [3.05, 3.63) is 41.5 Å². The molecule has 2 rings (SSSR count). The zero-order valence-corrected chi connectivity index (χ0v) is 15.4. The third-order valence-corrected chi connectivity index (χ3v) is 4.05. The van der Waals surface area contributed by atoms with Crippen molar-refractivity contribution in [3.8, 4) is 0 Å². The van der Waals surface area contributed by atoms with Gasteiger partial charge in [0.1, 0.15) is 10.1 Å². The molecule has 0 heterocycles. The fourth-order valence-electron chi connectivity index (χ4n) is 2.22. The Kier molecular flexibility index (Phi) is 6.19. The molecule has 0 bridgehead atoms. The smallest absolute Gasteiger partial charge is 0.744 e. The summed E-state index contributed by atoms with van der Waals surface area (Å²) in [7, 11) is -4.39. The molecule has 96 valence electrons. The van der Waals surface area contributed by atoms with Crippen LogP contribution in [-0.2, 0) is 23.0 Å². The quantitative estimate of drug-likeness (QED) is 0.586. The van der Waals surface area contributed by atoms with E-state index < -0.39 is 10.1 Å². The number of hydrogen-bond acceptors (Lipinski definition) is 3. The van der Waals surface area contributed by atoms with Crippen LogP contribution >= 0.6 is 0 Å². The fraction of sp³-hybridized carbons (Fsp3) is 0.286. The molecule has 0 fully saturated rings. The molecule has 0 saturated carbocycles. The van der Waals surface area contributed by atoms with Gasteiger partial charge in [-0.1, -0.05) is 32.0 Å². The SMILES string of the molecule is CCc1ccc(CC)c2cc(S(=O)(=O)[O-])ccc12.[K+]. The Morgan fingerprint density at radius 2 is 1.47 bits per heavy atom. The Morgan fingerprint density at radius 3 is 1.95 bits per heavy atom. The van der Waals surface area contributed by atoms with Gasteiger partial charge in [-0.15, -0.1) is 0 Å². The molecule has 0 spiro atoms. The predicted octanol–water partition coefficient (Wildman–Crippen LogP) is -0.127. The van der Waals surface area contributed by atoms with E-state index in [0.29, 0.717) is 0 Å². The van der Waals surface area contributed by atoms with Gasteiger partial charge < -0.3 is 4.55 Å². The Balaban J connectivity index is 0.00000180. The Labute approximate surface area is 156 Å². The van der Waals surface area contributed by atoms with E-state index in [1.54, 1.807) is 6.07 Å². The van der Waals surface area contributed by atoms with E-state index in [9.17, 15) is 13.0 Å². The standard InChI is InChI=1S/C14H16O3S.K/c1-3-10-5-6-11(4-2)14-9-12(18(15,16)17)7-8-13(10)14;/h5-9H,3-4H2,1-2H3,(H,15,16,17);/q;+1/p-1. The summed E-state index contributed by atoms with van der Waals surface area (Å²) in [6.45, 7) is 4.07. The van der Waals surface area contributed by atoms with Crippen molar-refractivity contribution in [2.45, 2.75) is 31.6 Å². The molecule has 0 N–H and O–H groups in total. The van der Waals surface area contributed by atoms with Gasteiger partial charge in [0, 0.05) is 0 Å². The van der Waals surface area contributed by atoms with Crippen molar-refractivity contribution in [2.75, 3.05) is 0 Å². The number of rotatable bonds is 3. The monoisotopic (exact) mass is 302 g/mol. The molecule has 0 aliphatic rings. The van der Waals surface area contributed by atoms with Gasteiger partial charge in [-0.2, -0.15) is 0 Å². The molecular formula is C14H15KO3S. The van der Waals surface area contributed by atoms with E-state index in [1.807, 2.05) is 13.0 Å². The van der Waals surface area contributed by atoms with E-state index in [0.717, 1.165) is 34.7 Å². The molecule has 3 nitrogen and oxygen atoms in total. The third kappa shape index (κ3) is 3.67. The van der Waals surface area contributed by atoms with Crippen LogP contribution < -0.4 is 51.4 Å². The van der Waals surface area contributed by atoms with E-state index in [1.165, 1.54) is 12.1 Å². The summed E-state index contributed by atoms with van der Waals surface area (Å²) < 4.78 is 33.2. The average Bonchev–Trinajstić information content (AvgIpc) is 2.35. The van der Waals surface area contributed by atoms with Crippen LogP contribution in [-0.4, -0.2) is 13.0 Å². The van der Waals surface area contributed by atoms with Gasteiger partial charge in [0.25, 0.3) is 0 Å². The Morgan fingerprint density at radius 1 is 0.947 bits per heavy atom. The van der Waals surface area contributed by atoms with E-state index >= 15 is 0 Å². The molecule has 0 aliphatic heterocycles. The molecule has 2 aromatic rings. The first-order valence-corrected chi connectivity index (χ1v) is 7.38. The molecule has 0 atom stereocenters. The number of aryl methyl sites for hydroxylation is 2. The molecule has 0 radical (unpaired) electrons. The molecule has 0 amide bonds. The van der Waals surface area contributed by atoms with E-state index in [2.05, 4.69) is 13.0 Å². The van der Waals surface area contributed by atoms with Crippen molar-refractivity contribution in [1.29, 1.82) is 0 Å². The maximum atomic E-state index is 11.1. The zero-order chi connectivity index (χ0) is 13.3. The van der Waals surface area contributed by atoms with Crippen molar-refractivity contribution in [1.82, 2.24) is 0 Å². The van der Waals surface area contributed by atoms with Crippen LogP contribution in [0.15, 0.2) is 35.2 Å². The first-order valence-electron chi connectivity index (χ1n) is 5.97. The van der Waals surface area contributed by atoms with Crippen molar-refractivity contribution < 1.29 is 64.4 Å². The van der Waals surface area contributed by atoms with E-state index in [-0.39, 0.29) is 56.3 Å². The second kappa shape index (κ2) is 6.80. The summed E-state index contributed by atoms with van der Waals surface area (Å²) in [5.74, 6) is 0. The van der Waals surface area contributed by atoms with Gasteiger partial charge >= 0.3 is 51.4 Å². The van der Waals surface area contributed by atoms with Crippen LogP contribution in [0.1, 0.15) is 25.0 Å². The number of fused-ring (bicyclic) bond motifs is 1. The van der Waals surface area contributed by atoms with Gasteiger partial charge in [0.15, 0.2) is 0 Å². The van der Waals surface area contributed by atoms with Gasteiger partial charge in [0.2, 0.25) is 0 Å². The number of benzene rings is 2. The summed E-state index contributed by atoms with van der Waals surface area (Å²) in [6, 6.07) is 8.69. The van der Waals surface area contributed by atoms with Gasteiger partial charge in [-0.05, 0) is 46.9 Å². The van der Waals surface area contributed by atoms with Crippen molar-refractivity contribution >= 4 is 20.9 Å².